The van der Waals surface area contributed by atoms with Crippen LogP contribution in [0.5, 0.6) is 0 Å². The second-order valence-electron chi connectivity index (χ2n) is 6.63. The zero-order valence-electron chi connectivity index (χ0n) is 16.0. The van der Waals surface area contributed by atoms with E-state index in [-0.39, 0.29) is 5.57 Å². The molecule has 4 nitrogen and oxygen atoms in total. The van der Waals surface area contributed by atoms with Gasteiger partial charge in [-0.15, -0.1) is 0 Å². The molecule has 0 bridgehead atoms. The fourth-order valence-electron chi connectivity index (χ4n) is 3.06. The van der Waals surface area contributed by atoms with Crippen molar-refractivity contribution in [2.24, 2.45) is 0 Å². The molecule has 3 rings (SSSR count). The Balaban J connectivity index is 1.91. The number of nitrogens with zero attached hydrogens (tertiary/aromatic N) is 2. The normalized spacial score (nSPS) is 11.2. The van der Waals surface area contributed by atoms with E-state index < -0.39 is 5.91 Å². The third kappa shape index (κ3) is 4.16. The maximum absolute atomic E-state index is 12.5. The Hall–Kier alpha value is -3.29. The summed E-state index contributed by atoms with van der Waals surface area (Å²) in [4.78, 5) is 12.5. The van der Waals surface area contributed by atoms with Crippen molar-refractivity contribution in [3.05, 3.63) is 87.7 Å². The minimum atomic E-state index is -0.454. The molecule has 0 atom stereocenters. The molecule has 3 aromatic rings. The Labute approximate surface area is 169 Å². The van der Waals surface area contributed by atoms with E-state index in [1.54, 1.807) is 30.3 Å². The molecule has 0 spiro atoms. The number of nitrogens with one attached hydrogen (secondary N) is 1. The fraction of sp³-hybridized carbons (Fsp3) is 0.130. The molecular weight excluding hydrogens is 370 g/mol. The quantitative estimate of drug-likeness (QED) is 0.466. The van der Waals surface area contributed by atoms with Crippen molar-refractivity contribution in [2.75, 3.05) is 5.32 Å². The van der Waals surface area contributed by atoms with Crippen molar-refractivity contribution in [1.29, 1.82) is 5.26 Å². The molecular formula is C23H20ClN3O. The summed E-state index contributed by atoms with van der Waals surface area (Å²) in [6, 6.07) is 19.0. The van der Waals surface area contributed by atoms with Gasteiger partial charge in [-0.05, 0) is 74.9 Å². The van der Waals surface area contributed by atoms with E-state index in [0.29, 0.717) is 10.7 Å². The summed E-state index contributed by atoms with van der Waals surface area (Å²) in [7, 11) is 0. The molecule has 5 heteroatoms. The van der Waals surface area contributed by atoms with Gasteiger partial charge in [0.25, 0.3) is 5.91 Å². The van der Waals surface area contributed by atoms with Gasteiger partial charge in [-0.2, -0.15) is 5.26 Å². The summed E-state index contributed by atoms with van der Waals surface area (Å²) in [6.07, 6.45) is 1.62. The SMILES string of the molecule is Cc1ccc(-n2c(C)cc(/C=C(\C#N)C(=O)Nc3ccc(Cl)cc3)c2C)cc1. The summed E-state index contributed by atoms with van der Waals surface area (Å²) in [5, 5.41) is 12.8. The first-order valence-corrected chi connectivity index (χ1v) is 9.21. The van der Waals surface area contributed by atoms with E-state index in [1.165, 1.54) is 5.56 Å². The van der Waals surface area contributed by atoms with Crippen molar-refractivity contribution in [3.8, 4) is 11.8 Å². The summed E-state index contributed by atoms with van der Waals surface area (Å²) in [6.45, 7) is 6.03. The molecule has 0 aliphatic heterocycles. The lowest BCUT2D eigenvalue weighted by molar-refractivity contribution is -0.112. The number of aryl methyl sites for hydroxylation is 2. The number of hydrogen-bond acceptors (Lipinski definition) is 2. The maximum atomic E-state index is 12.5. The van der Waals surface area contributed by atoms with E-state index >= 15 is 0 Å². The molecule has 140 valence electrons. The molecule has 0 aliphatic carbocycles. The first-order chi connectivity index (χ1) is 13.4. The minimum absolute atomic E-state index is 0.0408. The van der Waals surface area contributed by atoms with Gasteiger partial charge in [-0.1, -0.05) is 29.3 Å². The van der Waals surface area contributed by atoms with Gasteiger partial charge in [0.15, 0.2) is 0 Å². The first-order valence-electron chi connectivity index (χ1n) is 8.83. The van der Waals surface area contributed by atoms with Crippen LogP contribution < -0.4 is 5.32 Å². The third-order valence-corrected chi connectivity index (χ3v) is 4.78. The zero-order valence-corrected chi connectivity index (χ0v) is 16.7. The van der Waals surface area contributed by atoms with Crippen LogP contribution in [-0.4, -0.2) is 10.5 Å². The molecule has 0 aliphatic rings. The van der Waals surface area contributed by atoms with E-state index in [4.69, 9.17) is 11.6 Å². The molecule has 28 heavy (non-hydrogen) atoms. The fourth-order valence-corrected chi connectivity index (χ4v) is 3.19. The van der Waals surface area contributed by atoms with Crippen LogP contribution in [0, 0.1) is 32.1 Å². The summed E-state index contributed by atoms with van der Waals surface area (Å²) >= 11 is 5.86. The van der Waals surface area contributed by atoms with E-state index in [9.17, 15) is 10.1 Å². The highest BCUT2D eigenvalue weighted by molar-refractivity contribution is 6.30. The Morgan fingerprint density at radius 3 is 2.32 bits per heavy atom. The Kier molecular flexibility index (Phi) is 5.67. The van der Waals surface area contributed by atoms with E-state index in [2.05, 4.69) is 34.1 Å². The monoisotopic (exact) mass is 389 g/mol. The second-order valence-corrected chi connectivity index (χ2v) is 7.06. The molecule has 1 N–H and O–H groups in total. The number of halogens is 1. The summed E-state index contributed by atoms with van der Waals surface area (Å²) in [5.41, 5.74) is 5.69. The molecule has 0 saturated heterocycles. The van der Waals surface area contributed by atoms with Crippen LogP contribution in [0.25, 0.3) is 11.8 Å². The minimum Gasteiger partial charge on any atom is -0.321 e. The highest BCUT2D eigenvalue weighted by Crippen LogP contribution is 2.23. The lowest BCUT2D eigenvalue weighted by Crippen LogP contribution is -2.13. The lowest BCUT2D eigenvalue weighted by atomic mass is 10.1. The number of amides is 1. The topological polar surface area (TPSA) is 57.8 Å². The third-order valence-electron chi connectivity index (χ3n) is 4.53. The second kappa shape index (κ2) is 8.16. The molecule has 1 heterocycles. The van der Waals surface area contributed by atoms with Gasteiger partial charge < -0.3 is 9.88 Å². The number of carbonyl (C=O) groups excluding carboxylic acids is 1. The zero-order chi connectivity index (χ0) is 20.3. The number of benzene rings is 2. The average Bonchev–Trinajstić information content (AvgIpc) is 2.95. The van der Waals surface area contributed by atoms with Crippen LogP contribution in [0.15, 0.2) is 60.2 Å². The van der Waals surface area contributed by atoms with Crippen LogP contribution in [0.4, 0.5) is 5.69 Å². The van der Waals surface area contributed by atoms with Gasteiger partial charge in [-0.25, -0.2) is 0 Å². The van der Waals surface area contributed by atoms with Gasteiger partial charge in [0.05, 0.1) is 0 Å². The van der Waals surface area contributed by atoms with Crippen molar-refractivity contribution in [3.63, 3.8) is 0 Å². The highest BCUT2D eigenvalue weighted by Gasteiger charge is 2.14. The Morgan fingerprint density at radius 2 is 1.71 bits per heavy atom. The summed E-state index contributed by atoms with van der Waals surface area (Å²) < 4.78 is 2.11. The van der Waals surface area contributed by atoms with Crippen molar-refractivity contribution in [1.82, 2.24) is 4.57 Å². The van der Waals surface area contributed by atoms with Crippen LogP contribution >= 0.6 is 11.6 Å². The van der Waals surface area contributed by atoms with Gasteiger partial charge in [0, 0.05) is 27.8 Å². The maximum Gasteiger partial charge on any atom is 0.266 e. The average molecular weight is 390 g/mol. The molecule has 0 unspecified atom stereocenters. The smallest absolute Gasteiger partial charge is 0.266 e. The molecule has 0 fully saturated rings. The van der Waals surface area contributed by atoms with E-state index in [0.717, 1.165) is 22.6 Å². The van der Waals surface area contributed by atoms with Gasteiger partial charge in [0.1, 0.15) is 11.6 Å². The van der Waals surface area contributed by atoms with Crippen LogP contribution in [0.2, 0.25) is 5.02 Å². The molecule has 0 radical (unpaired) electrons. The lowest BCUT2D eigenvalue weighted by Gasteiger charge is -2.10. The van der Waals surface area contributed by atoms with Crippen LogP contribution in [0.3, 0.4) is 0 Å². The molecule has 1 aromatic heterocycles. The van der Waals surface area contributed by atoms with Crippen molar-refractivity contribution in [2.45, 2.75) is 20.8 Å². The number of hydrogen-bond donors (Lipinski definition) is 1. The van der Waals surface area contributed by atoms with Crippen LogP contribution in [0.1, 0.15) is 22.5 Å². The summed E-state index contributed by atoms with van der Waals surface area (Å²) in [5.74, 6) is -0.454. The number of aromatic nitrogens is 1. The standard InChI is InChI=1S/C23H20ClN3O/c1-15-4-10-22(11-5-15)27-16(2)12-18(17(27)3)13-19(14-25)23(28)26-21-8-6-20(24)7-9-21/h4-13H,1-3H3,(H,26,28)/b19-13+. The van der Waals surface area contributed by atoms with Gasteiger partial charge in [0.2, 0.25) is 0 Å². The highest BCUT2D eigenvalue weighted by atomic mass is 35.5. The van der Waals surface area contributed by atoms with Gasteiger partial charge >= 0.3 is 0 Å². The number of anilines is 1. The number of carbonyl (C=O) groups is 1. The van der Waals surface area contributed by atoms with E-state index in [1.807, 2.05) is 32.9 Å². The predicted octanol–water partition coefficient (Wildman–Crippen LogP) is 5.60. The number of rotatable bonds is 4. The molecule has 2 aromatic carbocycles. The number of nitriles is 1. The predicted molar refractivity (Wildman–Crippen MR) is 114 cm³/mol. The molecule has 1 amide bonds. The van der Waals surface area contributed by atoms with Crippen LogP contribution in [-0.2, 0) is 4.79 Å². The van der Waals surface area contributed by atoms with Gasteiger partial charge in [-0.3, -0.25) is 4.79 Å². The molecule has 0 saturated carbocycles. The van der Waals surface area contributed by atoms with Crippen molar-refractivity contribution < 1.29 is 4.79 Å². The largest absolute Gasteiger partial charge is 0.321 e. The van der Waals surface area contributed by atoms with Crippen molar-refractivity contribution >= 4 is 29.3 Å². The Morgan fingerprint density at radius 1 is 1.07 bits per heavy atom. The Bertz CT molecular complexity index is 1080. The first kappa shape index (κ1) is 19.5.